The van der Waals surface area contributed by atoms with E-state index in [0.29, 0.717) is 24.5 Å². The van der Waals surface area contributed by atoms with E-state index in [1.54, 1.807) is 36.5 Å². The van der Waals surface area contributed by atoms with Crippen LogP contribution in [0.1, 0.15) is 39.7 Å². The lowest BCUT2D eigenvalue weighted by Gasteiger charge is -2.27. The first-order valence-electron chi connectivity index (χ1n) is 10.4. The Kier molecular flexibility index (Phi) is 6.75. The number of anilines is 1. The zero-order valence-corrected chi connectivity index (χ0v) is 19.7. The van der Waals surface area contributed by atoms with Gasteiger partial charge in [-0.1, -0.05) is 30.3 Å². The molecule has 2 aromatic rings. The molecule has 1 aliphatic heterocycles. The van der Waals surface area contributed by atoms with Crippen LogP contribution in [-0.4, -0.2) is 44.4 Å². The molecular formula is C23H30N5O2P. The van der Waals surface area contributed by atoms with Gasteiger partial charge >= 0.3 is 6.03 Å². The van der Waals surface area contributed by atoms with Gasteiger partial charge in [0.25, 0.3) is 5.91 Å². The van der Waals surface area contributed by atoms with Gasteiger partial charge in [0.05, 0.1) is 18.4 Å². The number of allylic oxidation sites excluding steroid dienone is 2. The van der Waals surface area contributed by atoms with E-state index in [0.717, 1.165) is 23.7 Å². The first kappa shape index (κ1) is 22.9. The van der Waals surface area contributed by atoms with Crippen molar-refractivity contribution in [1.82, 2.24) is 14.7 Å². The van der Waals surface area contributed by atoms with Gasteiger partial charge in [-0.2, -0.15) is 5.10 Å². The summed E-state index contributed by atoms with van der Waals surface area (Å²) in [6.45, 7) is 8.14. The van der Waals surface area contributed by atoms with E-state index in [2.05, 4.69) is 26.5 Å². The van der Waals surface area contributed by atoms with Crippen molar-refractivity contribution < 1.29 is 9.59 Å². The van der Waals surface area contributed by atoms with Gasteiger partial charge < -0.3 is 10.3 Å². The number of urea groups is 1. The van der Waals surface area contributed by atoms with E-state index in [-0.39, 0.29) is 11.9 Å². The van der Waals surface area contributed by atoms with Crippen molar-refractivity contribution in [3.63, 3.8) is 0 Å². The van der Waals surface area contributed by atoms with E-state index in [1.165, 1.54) is 16.7 Å². The van der Waals surface area contributed by atoms with Crippen LogP contribution in [0.3, 0.4) is 0 Å². The van der Waals surface area contributed by atoms with Gasteiger partial charge in [0.1, 0.15) is 5.54 Å². The quantitative estimate of drug-likeness (QED) is 0.379. The first-order valence-corrected chi connectivity index (χ1v) is 10.9. The Morgan fingerprint density at radius 1 is 1.16 bits per heavy atom. The fourth-order valence-corrected chi connectivity index (χ4v) is 4.09. The van der Waals surface area contributed by atoms with Crippen molar-refractivity contribution in [1.29, 1.82) is 5.41 Å². The summed E-state index contributed by atoms with van der Waals surface area (Å²) < 4.78 is 1.65. The minimum atomic E-state index is -0.914. The molecule has 1 unspecified atom stereocenters. The van der Waals surface area contributed by atoms with Crippen molar-refractivity contribution >= 4 is 32.6 Å². The zero-order valence-electron chi connectivity index (χ0n) is 18.6. The summed E-state index contributed by atoms with van der Waals surface area (Å²) in [5, 5.41) is 13.2. The summed E-state index contributed by atoms with van der Waals surface area (Å²) in [6, 6.07) is 9.81. The van der Waals surface area contributed by atoms with E-state index in [4.69, 9.17) is 5.41 Å². The minimum Gasteiger partial charge on any atom is -0.310 e. The highest BCUT2D eigenvalue weighted by Gasteiger charge is 2.51. The molecule has 0 bridgehead atoms. The number of nitrogens with zero attached hydrogens (tertiary/aromatic N) is 4. The number of aryl methyl sites for hydroxylation is 1. The minimum absolute atomic E-state index is 0.252. The molecule has 1 saturated heterocycles. The summed E-state index contributed by atoms with van der Waals surface area (Å²) in [7, 11) is 2.61. The van der Waals surface area contributed by atoms with Gasteiger partial charge in [0.15, 0.2) is 0 Å². The molecule has 164 valence electrons. The number of amides is 3. The third-order valence-electron chi connectivity index (χ3n) is 5.64. The Morgan fingerprint density at radius 3 is 2.45 bits per heavy atom. The van der Waals surface area contributed by atoms with Crippen molar-refractivity contribution in [2.75, 3.05) is 11.4 Å². The van der Waals surface area contributed by atoms with Gasteiger partial charge in [0, 0.05) is 18.5 Å². The summed E-state index contributed by atoms with van der Waals surface area (Å²) in [6.07, 6.45) is 4.85. The molecule has 3 rings (SSSR count). The average molecular weight is 440 g/mol. The number of carbonyl (C=O) groups is 2. The van der Waals surface area contributed by atoms with Crippen LogP contribution in [0.4, 0.5) is 10.5 Å². The van der Waals surface area contributed by atoms with Gasteiger partial charge in [0.2, 0.25) is 0 Å². The number of rotatable bonds is 8. The van der Waals surface area contributed by atoms with Crippen molar-refractivity contribution in [3.05, 3.63) is 59.2 Å². The van der Waals surface area contributed by atoms with Crippen molar-refractivity contribution in [3.8, 4) is 0 Å². The van der Waals surface area contributed by atoms with Gasteiger partial charge in [-0.3, -0.25) is 9.48 Å². The Morgan fingerprint density at radius 2 is 1.84 bits per heavy atom. The van der Waals surface area contributed by atoms with E-state index in [1.807, 2.05) is 25.1 Å². The number of carbonyl (C=O) groups excluding carboxylic acids is 2. The molecule has 1 fully saturated rings. The molecule has 0 saturated carbocycles. The topological polar surface area (TPSA) is 82.3 Å². The molecule has 1 aromatic carbocycles. The zero-order chi connectivity index (χ0) is 22.8. The molecular weight excluding hydrogens is 409 g/mol. The maximum Gasteiger partial charge on any atom is 0.332 e. The number of hydrogen-bond acceptors (Lipinski definition) is 4. The highest BCUT2D eigenvalue weighted by Crippen LogP contribution is 2.32. The second-order valence-corrected chi connectivity index (χ2v) is 9.27. The SMILES string of the molecule is CC(=N)/C(Cn1cc(N2C(=O)N(CCCc3ccccc3)C(C)(C)C2=O)cn1)=C(/C)P. The van der Waals surface area contributed by atoms with Crippen LogP contribution >= 0.6 is 9.24 Å². The number of benzene rings is 1. The Bertz CT molecular complexity index is 1020. The van der Waals surface area contributed by atoms with Crippen molar-refractivity contribution in [2.45, 2.75) is 52.6 Å². The Labute approximate surface area is 185 Å². The molecule has 1 N–H and O–H groups in total. The molecule has 8 heteroatoms. The summed E-state index contributed by atoms with van der Waals surface area (Å²) in [4.78, 5) is 29.1. The molecule has 31 heavy (non-hydrogen) atoms. The highest BCUT2D eigenvalue weighted by atomic mass is 31.0. The van der Waals surface area contributed by atoms with Crippen LogP contribution in [0.5, 0.6) is 0 Å². The lowest BCUT2D eigenvalue weighted by molar-refractivity contribution is -0.123. The molecule has 0 aliphatic carbocycles. The van der Waals surface area contributed by atoms with Crippen molar-refractivity contribution in [2.24, 2.45) is 0 Å². The second-order valence-electron chi connectivity index (χ2n) is 8.41. The fourth-order valence-electron chi connectivity index (χ4n) is 3.78. The van der Waals surface area contributed by atoms with E-state index in [9.17, 15) is 9.59 Å². The van der Waals surface area contributed by atoms with Crippen LogP contribution in [0.15, 0.2) is 53.6 Å². The molecule has 0 spiro atoms. The maximum absolute atomic E-state index is 13.2. The van der Waals surface area contributed by atoms with Crippen LogP contribution in [-0.2, 0) is 17.8 Å². The number of aromatic nitrogens is 2. The highest BCUT2D eigenvalue weighted by molar-refractivity contribution is 7.22. The van der Waals surface area contributed by atoms with Crippen LogP contribution in [0.25, 0.3) is 0 Å². The van der Waals surface area contributed by atoms with Gasteiger partial charge in [-0.25, -0.2) is 9.69 Å². The van der Waals surface area contributed by atoms with Crippen LogP contribution in [0, 0.1) is 5.41 Å². The summed E-state index contributed by atoms with van der Waals surface area (Å²) >= 11 is 0. The average Bonchev–Trinajstić information content (AvgIpc) is 3.23. The van der Waals surface area contributed by atoms with Crippen LogP contribution < -0.4 is 4.90 Å². The van der Waals surface area contributed by atoms with Gasteiger partial charge in [-0.15, -0.1) is 9.24 Å². The molecule has 1 atom stereocenters. The molecule has 7 nitrogen and oxygen atoms in total. The Hall–Kier alpha value is -2.79. The third-order valence-corrected chi connectivity index (χ3v) is 5.99. The lowest BCUT2D eigenvalue weighted by Crippen LogP contribution is -2.44. The monoisotopic (exact) mass is 439 g/mol. The first-order chi connectivity index (χ1) is 14.6. The lowest BCUT2D eigenvalue weighted by atomic mass is 10.0. The van der Waals surface area contributed by atoms with Gasteiger partial charge in [-0.05, 0) is 57.0 Å². The summed E-state index contributed by atoms with van der Waals surface area (Å²) in [5.74, 6) is -0.252. The number of hydrogen-bond donors (Lipinski definition) is 1. The molecule has 0 radical (unpaired) electrons. The normalized spacial score (nSPS) is 16.7. The largest absolute Gasteiger partial charge is 0.332 e. The second kappa shape index (κ2) is 9.15. The number of imide groups is 1. The van der Waals surface area contributed by atoms with E-state index < -0.39 is 5.54 Å². The van der Waals surface area contributed by atoms with Crippen LogP contribution in [0.2, 0.25) is 0 Å². The fraction of sp³-hybridized carbons (Fsp3) is 0.391. The molecule has 2 heterocycles. The maximum atomic E-state index is 13.2. The molecule has 1 aromatic heterocycles. The summed E-state index contributed by atoms with van der Waals surface area (Å²) in [5.41, 5.74) is 2.07. The predicted molar refractivity (Wildman–Crippen MR) is 126 cm³/mol. The van der Waals surface area contributed by atoms with E-state index >= 15 is 0 Å². The smallest absolute Gasteiger partial charge is 0.310 e. The molecule has 1 aliphatic rings. The predicted octanol–water partition coefficient (Wildman–Crippen LogP) is 4.25. The third kappa shape index (κ3) is 4.77. The Balaban J connectivity index is 1.74. The molecule has 3 amide bonds. The standard InChI is InChI=1S/C23H30N5O2P/c1-16(24)20(17(2)31)15-26-14-19(13-25-26)28-21(29)23(3,4)27(22(28)30)12-8-11-18-9-6-5-7-10-18/h5-7,9-10,13-14,24H,8,11-12,15,31H2,1-4H3/b20-17-,24-16?. The number of nitrogens with one attached hydrogen (secondary N) is 1.